The monoisotopic (exact) mass is 195 g/mol. The smallest absolute Gasteiger partial charge is 0.141 e. The van der Waals surface area contributed by atoms with Gasteiger partial charge in [-0.3, -0.25) is 4.90 Å². The molecule has 1 unspecified atom stereocenters. The van der Waals surface area contributed by atoms with Gasteiger partial charge in [-0.25, -0.2) is 9.37 Å². The van der Waals surface area contributed by atoms with Crippen molar-refractivity contribution in [2.45, 2.75) is 18.9 Å². The Morgan fingerprint density at radius 3 is 3.07 bits per heavy atom. The summed E-state index contributed by atoms with van der Waals surface area (Å²) in [6.07, 6.45) is 3.33. The number of likely N-dealkylation sites (tertiary alicyclic amines) is 1. The zero-order valence-corrected chi connectivity index (χ0v) is 8.20. The Kier molecular flexibility index (Phi) is 2.37. The average molecular weight is 195 g/mol. The maximum atomic E-state index is 13.0. The standard InChI is InChI=1S/C10H14FN3/c1-14-4-2-3-9(14)8-5-7(11)6-13-10(8)12/h5-6,9H,2-4H2,1H3,(H2,12,13). The molecule has 0 radical (unpaired) electrons. The molecule has 1 aromatic heterocycles. The molecule has 1 aliphatic heterocycles. The van der Waals surface area contributed by atoms with Gasteiger partial charge < -0.3 is 5.73 Å². The predicted octanol–water partition coefficient (Wildman–Crippen LogP) is 1.57. The van der Waals surface area contributed by atoms with Crippen molar-refractivity contribution in [2.24, 2.45) is 0 Å². The summed E-state index contributed by atoms with van der Waals surface area (Å²) in [6, 6.07) is 1.73. The molecule has 4 heteroatoms. The van der Waals surface area contributed by atoms with Gasteiger partial charge in [0, 0.05) is 11.6 Å². The minimum absolute atomic E-state index is 0.234. The van der Waals surface area contributed by atoms with Crippen molar-refractivity contribution in [3.8, 4) is 0 Å². The zero-order chi connectivity index (χ0) is 10.1. The van der Waals surface area contributed by atoms with Crippen LogP contribution in [0.25, 0.3) is 0 Å². The van der Waals surface area contributed by atoms with Gasteiger partial charge in [0.1, 0.15) is 11.6 Å². The van der Waals surface area contributed by atoms with Crippen molar-refractivity contribution in [1.29, 1.82) is 0 Å². The maximum absolute atomic E-state index is 13.0. The van der Waals surface area contributed by atoms with E-state index >= 15 is 0 Å². The first-order valence-corrected chi connectivity index (χ1v) is 4.79. The molecule has 0 saturated carbocycles. The third kappa shape index (κ3) is 1.57. The molecule has 0 aromatic carbocycles. The highest BCUT2D eigenvalue weighted by Crippen LogP contribution is 2.32. The molecule has 76 valence electrons. The molecular weight excluding hydrogens is 181 g/mol. The van der Waals surface area contributed by atoms with Crippen LogP contribution in [0.2, 0.25) is 0 Å². The molecule has 14 heavy (non-hydrogen) atoms. The minimum Gasteiger partial charge on any atom is -0.383 e. The van der Waals surface area contributed by atoms with Crippen LogP contribution < -0.4 is 5.73 Å². The van der Waals surface area contributed by atoms with E-state index in [0.29, 0.717) is 5.82 Å². The molecule has 1 fully saturated rings. The zero-order valence-electron chi connectivity index (χ0n) is 8.20. The summed E-state index contributed by atoms with van der Waals surface area (Å²) in [4.78, 5) is 6.02. The SMILES string of the molecule is CN1CCCC1c1cc(F)cnc1N. The highest BCUT2D eigenvalue weighted by molar-refractivity contribution is 5.41. The first kappa shape index (κ1) is 9.40. The summed E-state index contributed by atoms with van der Waals surface area (Å²) in [5.74, 6) is 0.139. The second-order valence-electron chi connectivity index (χ2n) is 3.77. The summed E-state index contributed by atoms with van der Waals surface area (Å²) in [7, 11) is 2.03. The Morgan fingerprint density at radius 1 is 1.64 bits per heavy atom. The lowest BCUT2D eigenvalue weighted by atomic mass is 10.1. The van der Waals surface area contributed by atoms with Crippen LogP contribution in [-0.4, -0.2) is 23.5 Å². The van der Waals surface area contributed by atoms with E-state index in [1.54, 1.807) is 0 Å². The van der Waals surface area contributed by atoms with Crippen LogP contribution in [0.15, 0.2) is 12.3 Å². The number of aromatic nitrogens is 1. The number of hydrogen-bond acceptors (Lipinski definition) is 3. The van der Waals surface area contributed by atoms with Gasteiger partial charge in [-0.1, -0.05) is 0 Å². The Bertz CT molecular complexity index is 340. The van der Waals surface area contributed by atoms with Gasteiger partial charge in [-0.2, -0.15) is 0 Å². The Morgan fingerprint density at radius 2 is 2.43 bits per heavy atom. The largest absolute Gasteiger partial charge is 0.383 e. The van der Waals surface area contributed by atoms with Crippen LogP contribution >= 0.6 is 0 Å². The van der Waals surface area contributed by atoms with Crippen LogP contribution in [-0.2, 0) is 0 Å². The molecule has 0 spiro atoms. The quantitative estimate of drug-likeness (QED) is 0.739. The molecular formula is C10H14FN3. The fourth-order valence-corrected chi connectivity index (χ4v) is 2.04. The van der Waals surface area contributed by atoms with Crippen LogP contribution in [0.3, 0.4) is 0 Å². The molecule has 2 heterocycles. The van der Waals surface area contributed by atoms with Crippen molar-refractivity contribution in [3.05, 3.63) is 23.6 Å². The Labute approximate surface area is 82.7 Å². The highest BCUT2D eigenvalue weighted by atomic mass is 19.1. The van der Waals surface area contributed by atoms with E-state index in [1.165, 1.54) is 6.07 Å². The number of anilines is 1. The minimum atomic E-state index is -0.311. The van der Waals surface area contributed by atoms with Crippen molar-refractivity contribution >= 4 is 5.82 Å². The second-order valence-corrected chi connectivity index (χ2v) is 3.77. The fraction of sp³-hybridized carbons (Fsp3) is 0.500. The van der Waals surface area contributed by atoms with E-state index < -0.39 is 0 Å². The van der Waals surface area contributed by atoms with E-state index in [0.717, 1.165) is 31.1 Å². The number of halogens is 1. The number of nitrogens with two attached hydrogens (primary N) is 1. The number of nitrogens with zero attached hydrogens (tertiary/aromatic N) is 2. The van der Waals surface area contributed by atoms with Gasteiger partial charge in [0.05, 0.1) is 6.20 Å². The number of hydrogen-bond donors (Lipinski definition) is 1. The van der Waals surface area contributed by atoms with Crippen LogP contribution in [0.5, 0.6) is 0 Å². The first-order valence-electron chi connectivity index (χ1n) is 4.79. The van der Waals surface area contributed by atoms with E-state index in [4.69, 9.17) is 5.73 Å². The van der Waals surface area contributed by atoms with E-state index in [1.807, 2.05) is 7.05 Å². The van der Waals surface area contributed by atoms with Crippen LogP contribution in [0.4, 0.5) is 10.2 Å². The van der Waals surface area contributed by atoms with Gasteiger partial charge in [-0.15, -0.1) is 0 Å². The van der Waals surface area contributed by atoms with Crippen molar-refractivity contribution in [3.63, 3.8) is 0 Å². The van der Waals surface area contributed by atoms with Crippen molar-refractivity contribution in [2.75, 3.05) is 19.3 Å². The second kappa shape index (κ2) is 3.53. The summed E-state index contributed by atoms with van der Waals surface area (Å²) in [5.41, 5.74) is 6.55. The summed E-state index contributed by atoms with van der Waals surface area (Å²) >= 11 is 0. The third-order valence-corrected chi connectivity index (χ3v) is 2.80. The van der Waals surface area contributed by atoms with Gasteiger partial charge >= 0.3 is 0 Å². The molecule has 0 bridgehead atoms. The molecule has 0 amide bonds. The predicted molar refractivity (Wildman–Crippen MR) is 53.2 cm³/mol. The lowest BCUT2D eigenvalue weighted by molar-refractivity contribution is 0.317. The average Bonchev–Trinajstić information content (AvgIpc) is 2.56. The van der Waals surface area contributed by atoms with Crippen LogP contribution in [0.1, 0.15) is 24.4 Å². The fourth-order valence-electron chi connectivity index (χ4n) is 2.04. The highest BCUT2D eigenvalue weighted by Gasteiger charge is 2.24. The molecule has 1 atom stereocenters. The lowest BCUT2D eigenvalue weighted by Crippen LogP contribution is -2.19. The molecule has 1 aromatic rings. The third-order valence-electron chi connectivity index (χ3n) is 2.80. The Hall–Kier alpha value is -1.16. The van der Waals surface area contributed by atoms with Gasteiger partial charge in [0.15, 0.2) is 0 Å². The van der Waals surface area contributed by atoms with Gasteiger partial charge in [0.2, 0.25) is 0 Å². The molecule has 1 saturated heterocycles. The van der Waals surface area contributed by atoms with Gasteiger partial charge in [0.25, 0.3) is 0 Å². The summed E-state index contributed by atoms with van der Waals surface area (Å²) < 4.78 is 13.0. The van der Waals surface area contributed by atoms with Crippen molar-refractivity contribution in [1.82, 2.24) is 9.88 Å². The summed E-state index contributed by atoms with van der Waals surface area (Å²) in [5, 5.41) is 0. The van der Waals surface area contributed by atoms with Crippen molar-refractivity contribution < 1.29 is 4.39 Å². The van der Waals surface area contributed by atoms with Crippen LogP contribution in [0, 0.1) is 5.82 Å². The molecule has 1 aliphatic rings. The number of rotatable bonds is 1. The number of pyridine rings is 1. The first-order chi connectivity index (χ1) is 6.68. The Balaban J connectivity index is 2.34. The number of nitrogen functional groups attached to an aromatic ring is 1. The molecule has 0 aliphatic carbocycles. The normalized spacial score (nSPS) is 22.9. The van der Waals surface area contributed by atoms with E-state index in [-0.39, 0.29) is 11.9 Å². The molecule has 2 N–H and O–H groups in total. The lowest BCUT2D eigenvalue weighted by Gasteiger charge is -2.20. The molecule has 2 rings (SSSR count). The summed E-state index contributed by atoms with van der Waals surface area (Å²) in [6.45, 7) is 1.04. The molecule has 3 nitrogen and oxygen atoms in total. The maximum Gasteiger partial charge on any atom is 0.141 e. The van der Waals surface area contributed by atoms with E-state index in [2.05, 4.69) is 9.88 Å². The van der Waals surface area contributed by atoms with E-state index in [9.17, 15) is 4.39 Å². The topological polar surface area (TPSA) is 42.2 Å². The van der Waals surface area contributed by atoms with Gasteiger partial charge in [-0.05, 0) is 32.5 Å².